The van der Waals surface area contributed by atoms with E-state index in [0.717, 1.165) is 38.2 Å². The molecule has 21 heavy (non-hydrogen) atoms. The van der Waals surface area contributed by atoms with Crippen molar-refractivity contribution < 1.29 is 9.53 Å². The summed E-state index contributed by atoms with van der Waals surface area (Å²) in [6.07, 6.45) is 1.79. The summed E-state index contributed by atoms with van der Waals surface area (Å²) in [5.41, 5.74) is 11.5. The topological polar surface area (TPSA) is 81.6 Å². The summed E-state index contributed by atoms with van der Waals surface area (Å²) in [5, 5.41) is 0. The highest BCUT2D eigenvalue weighted by molar-refractivity contribution is 5.85. The van der Waals surface area contributed by atoms with Gasteiger partial charge in [0.2, 0.25) is 5.91 Å². The van der Waals surface area contributed by atoms with Crippen molar-refractivity contribution in [2.45, 2.75) is 31.4 Å². The molecule has 1 saturated heterocycles. The van der Waals surface area contributed by atoms with Gasteiger partial charge in [0.15, 0.2) is 0 Å². The van der Waals surface area contributed by atoms with Crippen molar-refractivity contribution in [1.29, 1.82) is 0 Å². The molecule has 0 bridgehead atoms. The summed E-state index contributed by atoms with van der Waals surface area (Å²) in [6, 6.07) is 9.38. The second-order valence-electron chi connectivity index (χ2n) is 5.65. The highest BCUT2D eigenvalue weighted by atomic mass is 16.5. The molecule has 0 saturated carbocycles. The molecule has 0 aromatic heterocycles. The molecule has 2 unspecified atom stereocenters. The normalized spacial score (nSPS) is 22.7. The predicted molar refractivity (Wildman–Crippen MR) is 82.6 cm³/mol. The fourth-order valence-corrected chi connectivity index (χ4v) is 2.71. The van der Waals surface area contributed by atoms with Crippen LogP contribution in [0.5, 0.6) is 0 Å². The Labute approximate surface area is 126 Å². The Morgan fingerprint density at radius 2 is 2.14 bits per heavy atom. The van der Waals surface area contributed by atoms with E-state index < -0.39 is 11.4 Å². The summed E-state index contributed by atoms with van der Waals surface area (Å²) in [6.45, 7) is 5.36. The van der Waals surface area contributed by atoms with Crippen LogP contribution in [0.4, 0.5) is 0 Å². The second-order valence-corrected chi connectivity index (χ2v) is 5.65. The Morgan fingerprint density at radius 3 is 2.76 bits per heavy atom. The van der Waals surface area contributed by atoms with Gasteiger partial charge < -0.3 is 16.2 Å². The van der Waals surface area contributed by atoms with Gasteiger partial charge in [0.05, 0.1) is 12.7 Å². The van der Waals surface area contributed by atoms with Crippen LogP contribution >= 0.6 is 0 Å². The molecule has 4 N–H and O–H groups in total. The molecule has 1 aliphatic rings. The van der Waals surface area contributed by atoms with E-state index >= 15 is 0 Å². The number of ether oxygens (including phenoxy) is 1. The van der Waals surface area contributed by atoms with E-state index in [2.05, 4.69) is 11.8 Å². The Morgan fingerprint density at radius 1 is 1.43 bits per heavy atom. The lowest BCUT2D eigenvalue weighted by Crippen LogP contribution is -2.52. The lowest BCUT2D eigenvalue weighted by Gasteiger charge is -2.35. The average Bonchev–Trinajstić information content (AvgIpc) is 2.53. The molecule has 1 heterocycles. The lowest BCUT2D eigenvalue weighted by atomic mass is 9.86. The van der Waals surface area contributed by atoms with Crippen molar-refractivity contribution in [3.05, 3.63) is 35.9 Å². The molecular formula is C16H25N3O2. The highest BCUT2D eigenvalue weighted by Gasteiger charge is 2.34. The number of rotatable bonds is 6. The van der Waals surface area contributed by atoms with Crippen LogP contribution in [0.1, 0.15) is 25.3 Å². The number of benzene rings is 1. The molecule has 116 valence electrons. The van der Waals surface area contributed by atoms with Crippen LogP contribution in [0.2, 0.25) is 0 Å². The van der Waals surface area contributed by atoms with E-state index in [1.165, 1.54) is 0 Å². The first-order valence-corrected chi connectivity index (χ1v) is 7.54. The van der Waals surface area contributed by atoms with Gasteiger partial charge in [-0.2, -0.15) is 0 Å². The van der Waals surface area contributed by atoms with Crippen molar-refractivity contribution in [2.24, 2.45) is 11.5 Å². The molecule has 5 heteroatoms. The summed E-state index contributed by atoms with van der Waals surface area (Å²) in [7, 11) is 0. The summed E-state index contributed by atoms with van der Waals surface area (Å²) in [4.78, 5) is 14.2. The number of primary amides is 1. The van der Waals surface area contributed by atoms with Gasteiger partial charge in [0.25, 0.3) is 0 Å². The molecule has 0 aliphatic carbocycles. The van der Waals surface area contributed by atoms with E-state index in [0.29, 0.717) is 6.42 Å². The molecule has 1 aromatic rings. The number of hydrogen-bond acceptors (Lipinski definition) is 4. The smallest absolute Gasteiger partial charge is 0.242 e. The Bertz CT molecular complexity index is 466. The van der Waals surface area contributed by atoms with Crippen molar-refractivity contribution in [3.63, 3.8) is 0 Å². The lowest BCUT2D eigenvalue weighted by molar-refractivity contribution is -0.124. The van der Waals surface area contributed by atoms with E-state index in [-0.39, 0.29) is 6.10 Å². The van der Waals surface area contributed by atoms with E-state index in [1.54, 1.807) is 0 Å². The molecule has 1 amide bonds. The van der Waals surface area contributed by atoms with E-state index in [4.69, 9.17) is 16.2 Å². The molecule has 2 atom stereocenters. The third kappa shape index (κ3) is 3.81. The Balaban J connectivity index is 2.02. The first kappa shape index (κ1) is 15.9. The van der Waals surface area contributed by atoms with Gasteiger partial charge in [0, 0.05) is 19.6 Å². The van der Waals surface area contributed by atoms with Crippen LogP contribution in [0.3, 0.4) is 0 Å². The SMILES string of the molecule is CCC1CN(CCC(N)(C(N)=O)c2ccccc2)CCO1. The fourth-order valence-electron chi connectivity index (χ4n) is 2.71. The minimum atomic E-state index is -1.11. The van der Waals surface area contributed by atoms with Gasteiger partial charge in [-0.3, -0.25) is 9.69 Å². The van der Waals surface area contributed by atoms with Crippen LogP contribution < -0.4 is 11.5 Å². The number of carbonyl (C=O) groups is 1. The molecular weight excluding hydrogens is 266 g/mol. The van der Waals surface area contributed by atoms with E-state index in [9.17, 15) is 4.79 Å². The molecule has 2 rings (SSSR count). The number of nitrogens with two attached hydrogens (primary N) is 2. The maximum atomic E-state index is 11.9. The molecule has 1 aliphatic heterocycles. The fraction of sp³-hybridized carbons (Fsp3) is 0.562. The van der Waals surface area contributed by atoms with E-state index in [1.807, 2.05) is 30.3 Å². The van der Waals surface area contributed by atoms with Crippen molar-refractivity contribution in [2.75, 3.05) is 26.2 Å². The van der Waals surface area contributed by atoms with Crippen LogP contribution in [-0.4, -0.2) is 43.2 Å². The van der Waals surface area contributed by atoms with Crippen molar-refractivity contribution in [3.8, 4) is 0 Å². The number of hydrogen-bond donors (Lipinski definition) is 2. The Kier molecular flexibility index (Phi) is 5.33. The molecule has 1 aromatic carbocycles. The zero-order valence-corrected chi connectivity index (χ0v) is 12.6. The minimum absolute atomic E-state index is 0.274. The molecule has 0 spiro atoms. The maximum Gasteiger partial charge on any atom is 0.242 e. The second kappa shape index (κ2) is 7.02. The molecule has 0 radical (unpaired) electrons. The van der Waals surface area contributed by atoms with Crippen molar-refractivity contribution >= 4 is 5.91 Å². The standard InChI is InChI=1S/C16H25N3O2/c1-2-14-12-19(10-11-21-14)9-8-16(18,15(17)20)13-6-4-3-5-7-13/h3-7,14H,2,8-12,18H2,1H3,(H2,17,20). The first-order valence-electron chi connectivity index (χ1n) is 7.54. The van der Waals surface area contributed by atoms with Crippen LogP contribution in [0.15, 0.2) is 30.3 Å². The minimum Gasteiger partial charge on any atom is -0.376 e. The third-order valence-electron chi connectivity index (χ3n) is 4.23. The number of amides is 1. The van der Waals surface area contributed by atoms with Gasteiger partial charge in [-0.25, -0.2) is 0 Å². The zero-order valence-electron chi connectivity index (χ0n) is 12.6. The van der Waals surface area contributed by atoms with Gasteiger partial charge >= 0.3 is 0 Å². The quantitative estimate of drug-likeness (QED) is 0.813. The summed E-state index contributed by atoms with van der Waals surface area (Å²) < 4.78 is 5.66. The molecule has 5 nitrogen and oxygen atoms in total. The first-order chi connectivity index (χ1) is 10.1. The average molecular weight is 291 g/mol. The van der Waals surface area contributed by atoms with Crippen LogP contribution in [0, 0.1) is 0 Å². The van der Waals surface area contributed by atoms with Crippen molar-refractivity contribution in [1.82, 2.24) is 4.90 Å². The maximum absolute atomic E-state index is 11.9. The van der Waals surface area contributed by atoms with Gasteiger partial charge in [0.1, 0.15) is 5.54 Å². The summed E-state index contributed by atoms with van der Waals surface area (Å²) in [5.74, 6) is -0.478. The van der Waals surface area contributed by atoms with Gasteiger partial charge in [-0.15, -0.1) is 0 Å². The summed E-state index contributed by atoms with van der Waals surface area (Å²) >= 11 is 0. The van der Waals surface area contributed by atoms with Crippen LogP contribution in [0.25, 0.3) is 0 Å². The van der Waals surface area contributed by atoms with Gasteiger partial charge in [-0.1, -0.05) is 37.3 Å². The highest BCUT2D eigenvalue weighted by Crippen LogP contribution is 2.23. The number of carbonyl (C=O) groups excluding carboxylic acids is 1. The number of morpholine rings is 1. The predicted octanol–water partition coefficient (Wildman–Crippen LogP) is 0.827. The Hall–Kier alpha value is -1.43. The van der Waals surface area contributed by atoms with Gasteiger partial charge in [-0.05, 0) is 18.4 Å². The monoisotopic (exact) mass is 291 g/mol. The van der Waals surface area contributed by atoms with Crippen LogP contribution in [-0.2, 0) is 15.1 Å². The molecule has 1 fully saturated rings. The third-order valence-corrected chi connectivity index (χ3v) is 4.23. The largest absolute Gasteiger partial charge is 0.376 e. The number of nitrogens with zero attached hydrogens (tertiary/aromatic N) is 1. The zero-order chi connectivity index (χ0) is 15.3.